The molecule has 1 aromatic heterocycles. The van der Waals surface area contributed by atoms with Crippen LogP contribution in [0.5, 0.6) is 0 Å². The van der Waals surface area contributed by atoms with Crippen molar-refractivity contribution in [2.75, 3.05) is 6.54 Å². The molecular weight excluding hydrogens is 412 g/mol. The first-order valence-electron chi connectivity index (χ1n) is 11.2. The van der Waals surface area contributed by atoms with Gasteiger partial charge in [0.25, 0.3) is 5.91 Å². The van der Waals surface area contributed by atoms with E-state index < -0.39 is 5.54 Å². The summed E-state index contributed by atoms with van der Waals surface area (Å²) < 4.78 is 1.96. The molecule has 1 fully saturated rings. The van der Waals surface area contributed by atoms with Gasteiger partial charge in [-0.1, -0.05) is 72.8 Å². The summed E-state index contributed by atoms with van der Waals surface area (Å²) in [4.78, 5) is 34.8. The molecular formula is C27H26N4O2. The van der Waals surface area contributed by atoms with Gasteiger partial charge in [0.2, 0.25) is 0 Å². The van der Waals surface area contributed by atoms with E-state index in [1.165, 1.54) is 4.90 Å². The Kier molecular flexibility index (Phi) is 5.42. The number of fused-ring (bicyclic) bond motifs is 1. The number of nitrogens with zero attached hydrogens (tertiary/aromatic N) is 4. The van der Waals surface area contributed by atoms with Gasteiger partial charge in [0.05, 0.1) is 6.33 Å². The van der Waals surface area contributed by atoms with Gasteiger partial charge in [0.15, 0.2) is 0 Å². The zero-order chi connectivity index (χ0) is 22.8. The average molecular weight is 439 g/mol. The van der Waals surface area contributed by atoms with Crippen LogP contribution in [0.25, 0.3) is 10.8 Å². The molecule has 1 aliphatic heterocycles. The molecule has 1 unspecified atom stereocenters. The van der Waals surface area contributed by atoms with Crippen molar-refractivity contribution in [3.8, 4) is 0 Å². The third kappa shape index (κ3) is 3.67. The van der Waals surface area contributed by atoms with E-state index in [0.717, 1.165) is 21.9 Å². The van der Waals surface area contributed by atoms with Gasteiger partial charge in [0, 0.05) is 32.0 Å². The molecule has 1 aliphatic rings. The lowest BCUT2D eigenvalue weighted by atomic mass is 9.86. The number of carbonyl (C=O) groups is 2. The van der Waals surface area contributed by atoms with Crippen LogP contribution in [0, 0.1) is 0 Å². The van der Waals surface area contributed by atoms with E-state index in [1.807, 2.05) is 90.5 Å². The minimum atomic E-state index is -1.09. The Morgan fingerprint density at radius 2 is 1.64 bits per heavy atom. The molecule has 0 aliphatic carbocycles. The van der Waals surface area contributed by atoms with Crippen LogP contribution in [0.15, 0.2) is 91.5 Å². The van der Waals surface area contributed by atoms with E-state index in [2.05, 4.69) is 4.98 Å². The number of rotatable bonds is 7. The van der Waals surface area contributed by atoms with Gasteiger partial charge in [-0.3, -0.25) is 9.69 Å². The van der Waals surface area contributed by atoms with E-state index in [-0.39, 0.29) is 11.9 Å². The molecule has 0 bridgehead atoms. The fourth-order valence-electron chi connectivity index (χ4n) is 4.73. The van der Waals surface area contributed by atoms with Crippen LogP contribution in [0.4, 0.5) is 4.79 Å². The summed E-state index contributed by atoms with van der Waals surface area (Å²) in [6, 6.07) is 23.6. The van der Waals surface area contributed by atoms with Crippen molar-refractivity contribution >= 4 is 22.7 Å². The Morgan fingerprint density at radius 1 is 0.879 bits per heavy atom. The summed E-state index contributed by atoms with van der Waals surface area (Å²) in [6.45, 7) is 3.30. The molecule has 0 radical (unpaired) electrons. The Bertz CT molecular complexity index is 1280. The summed E-state index contributed by atoms with van der Waals surface area (Å²) >= 11 is 0. The number of benzene rings is 3. The highest BCUT2D eigenvalue weighted by molar-refractivity contribution is 6.09. The molecule has 0 saturated carbocycles. The first-order valence-corrected chi connectivity index (χ1v) is 11.2. The maximum atomic E-state index is 13.9. The predicted octanol–water partition coefficient (Wildman–Crippen LogP) is 4.81. The molecule has 1 saturated heterocycles. The Labute approximate surface area is 193 Å². The van der Waals surface area contributed by atoms with E-state index >= 15 is 0 Å². The minimum Gasteiger partial charge on any atom is -0.337 e. The van der Waals surface area contributed by atoms with Gasteiger partial charge >= 0.3 is 6.03 Å². The van der Waals surface area contributed by atoms with E-state index in [0.29, 0.717) is 26.1 Å². The SMILES string of the molecule is CC1(c2cccc3ccccc23)C(=O)N(CCCn2ccnc2)C(=O)N1Cc1ccccc1. The number of hydrogen-bond donors (Lipinski definition) is 0. The van der Waals surface area contributed by atoms with Gasteiger partial charge in [-0.15, -0.1) is 0 Å². The van der Waals surface area contributed by atoms with Crippen LogP contribution in [0.3, 0.4) is 0 Å². The van der Waals surface area contributed by atoms with E-state index in [9.17, 15) is 9.59 Å². The van der Waals surface area contributed by atoms with Crippen LogP contribution in [0.2, 0.25) is 0 Å². The number of aryl methyl sites for hydroxylation is 1. The number of amides is 3. The molecule has 2 heterocycles. The molecule has 1 atom stereocenters. The second kappa shape index (κ2) is 8.54. The van der Waals surface area contributed by atoms with Gasteiger partial charge in [0.1, 0.15) is 5.54 Å². The minimum absolute atomic E-state index is 0.176. The second-order valence-electron chi connectivity index (χ2n) is 8.56. The maximum Gasteiger partial charge on any atom is 0.328 e. The third-order valence-electron chi connectivity index (χ3n) is 6.52. The molecule has 166 valence electrons. The summed E-state index contributed by atoms with van der Waals surface area (Å²) in [5.74, 6) is -0.176. The second-order valence-corrected chi connectivity index (χ2v) is 8.56. The van der Waals surface area contributed by atoms with Crippen molar-refractivity contribution in [1.82, 2.24) is 19.4 Å². The average Bonchev–Trinajstić information content (AvgIpc) is 3.43. The Balaban J connectivity index is 1.53. The van der Waals surface area contributed by atoms with Crippen molar-refractivity contribution in [2.24, 2.45) is 0 Å². The third-order valence-corrected chi connectivity index (χ3v) is 6.52. The molecule has 4 aromatic rings. The van der Waals surface area contributed by atoms with Gasteiger partial charge in [-0.2, -0.15) is 0 Å². The summed E-state index contributed by atoms with van der Waals surface area (Å²) in [5, 5.41) is 2.04. The zero-order valence-electron chi connectivity index (χ0n) is 18.6. The standard InChI is InChI=1S/C27H26N4O2/c1-27(24-14-7-12-22-11-5-6-13-23(22)24)25(32)30(17-8-16-29-18-15-28-20-29)26(33)31(27)19-21-9-3-2-4-10-21/h2-7,9-15,18,20H,8,16-17,19H2,1H3. The molecule has 5 rings (SSSR count). The number of imidazole rings is 1. The maximum absolute atomic E-state index is 13.9. The van der Waals surface area contributed by atoms with Crippen LogP contribution in [-0.4, -0.2) is 37.8 Å². The largest absolute Gasteiger partial charge is 0.337 e. The normalized spacial score (nSPS) is 18.5. The summed E-state index contributed by atoms with van der Waals surface area (Å²) in [5.41, 5.74) is 0.750. The van der Waals surface area contributed by atoms with Crippen molar-refractivity contribution in [1.29, 1.82) is 0 Å². The van der Waals surface area contributed by atoms with Crippen LogP contribution >= 0.6 is 0 Å². The molecule has 6 heteroatoms. The molecule has 33 heavy (non-hydrogen) atoms. The van der Waals surface area contributed by atoms with Gasteiger partial charge in [-0.25, -0.2) is 9.78 Å². The molecule has 0 spiro atoms. The lowest BCUT2D eigenvalue weighted by Gasteiger charge is -2.33. The molecule has 6 nitrogen and oxygen atoms in total. The first-order chi connectivity index (χ1) is 16.1. The fourth-order valence-corrected chi connectivity index (χ4v) is 4.73. The van der Waals surface area contributed by atoms with Crippen LogP contribution < -0.4 is 0 Å². The fraction of sp³-hybridized carbons (Fsp3) is 0.222. The van der Waals surface area contributed by atoms with E-state index in [4.69, 9.17) is 0 Å². The molecule has 0 N–H and O–H groups in total. The highest BCUT2D eigenvalue weighted by Crippen LogP contribution is 2.41. The van der Waals surface area contributed by atoms with Crippen molar-refractivity contribution in [2.45, 2.75) is 32.0 Å². The monoisotopic (exact) mass is 438 g/mol. The quantitative estimate of drug-likeness (QED) is 0.389. The first kappa shape index (κ1) is 20.9. The van der Waals surface area contributed by atoms with Crippen LogP contribution in [-0.2, 0) is 23.4 Å². The van der Waals surface area contributed by atoms with Crippen molar-refractivity contribution in [3.63, 3.8) is 0 Å². The zero-order valence-corrected chi connectivity index (χ0v) is 18.6. The smallest absolute Gasteiger partial charge is 0.328 e. The highest BCUT2D eigenvalue weighted by atomic mass is 16.2. The number of aromatic nitrogens is 2. The van der Waals surface area contributed by atoms with E-state index in [1.54, 1.807) is 17.4 Å². The summed E-state index contributed by atoms with van der Waals surface area (Å²) in [7, 11) is 0. The lowest BCUT2D eigenvalue weighted by molar-refractivity contribution is -0.133. The van der Waals surface area contributed by atoms with Crippen LogP contribution in [0.1, 0.15) is 24.5 Å². The highest BCUT2D eigenvalue weighted by Gasteiger charge is 2.55. The number of hydrogen-bond acceptors (Lipinski definition) is 3. The van der Waals surface area contributed by atoms with Crippen molar-refractivity contribution in [3.05, 3.63) is 103 Å². The number of imide groups is 1. The van der Waals surface area contributed by atoms with Crippen molar-refractivity contribution < 1.29 is 9.59 Å². The number of carbonyl (C=O) groups excluding carboxylic acids is 2. The summed E-state index contributed by atoms with van der Waals surface area (Å²) in [6.07, 6.45) is 6.02. The molecule has 3 amide bonds. The Hall–Kier alpha value is -3.93. The number of urea groups is 1. The lowest BCUT2D eigenvalue weighted by Crippen LogP contribution is -2.44. The van der Waals surface area contributed by atoms with Gasteiger partial charge < -0.3 is 9.47 Å². The predicted molar refractivity (Wildman–Crippen MR) is 127 cm³/mol. The molecule has 3 aromatic carbocycles. The van der Waals surface area contributed by atoms with Gasteiger partial charge in [-0.05, 0) is 35.2 Å². The Morgan fingerprint density at radius 3 is 2.42 bits per heavy atom. The topological polar surface area (TPSA) is 58.4 Å².